The normalized spacial score (nSPS) is 16.4. The van der Waals surface area contributed by atoms with Gasteiger partial charge in [-0.15, -0.1) is 0 Å². The van der Waals surface area contributed by atoms with E-state index in [1.165, 1.54) is 53.8 Å². The van der Waals surface area contributed by atoms with Gasteiger partial charge < -0.3 is 4.74 Å². The van der Waals surface area contributed by atoms with Gasteiger partial charge in [-0.2, -0.15) is 8.61 Å². The molecule has 40 heavy (non-hydrogen) atoms. The smallest absolute Gasteiger partial charge is 0.338 e. The molecule has 3 aromatic carbocycles. The quantitative estimate of drug-likeness (QED) is 0.280. The van der Waals surface area contributed by atoms with Crippen LogP contribution in [0.4, 0.5) is 0 Å². The molecule has 12 heteroatoms. The van der Waals surface area contributed by atoms with Crippen molar-refractivity contribution in [2.45, 2.75) is 48.1 Å². The summed E-state index contributed by atoms with van der Waals surface area (Å²) in [7, 11) is -6.48. The van der Waals surface area contributed by atoms with Gasteiger partial charge in [-0.05, 0) is 67.8 Å². The number of carbonyl (C=O) groups is 1. The van der Waals surface area contributed by atoms with Crippen molar-refractivity contribution in [1.82, 2.24) is 8.61 Å². The predicted molar refractivity (Wildman–Crippen MR) is 155 cm³/mol. The first-order valence-corrected chi connectivity index (χ1v) is 16.4. The molecular weight excluding hydrogens is 595 g/mol. The van der Waals surface area contributed by atoms with Gasteiger partial charge in [0.05, 0.1) is 21.5 Å². The Balaban J connectivity index is 1.65. The summed E-state index contributed by atoms with van der Waals surface area (Å²) in [6, 6.07) is 17.7. The Morgan fingerprint density at radius 1 is 0.900 bits per heavy atom. The molecule has 0 saturated carbocycles. The monoisotopic (exact) mass is 624 g/mol. The van der Waals surface area contributed by atoms with Gasteiger partial charge in [0.2, 0.25) is 20.0 Å². The summed E-state index contributed by atoms with van der Waals surface area (Å²) in [4.78, 5) is 13.3. The van der Waals surface area contributed by atoms with Crippen molar-refractivity contribution in [2.75, 3.05) is 20.1 Å². The molecule has 1 saturated heterocycles. The molecule has 2 atom stereocenters. The molecule has 1 heterocycles. The third kappa shape index (κ3) is 6.53. The summed E-state index contributed by atoms with van der Waals surface area (Å²) in [5.41, 5.74) is 0.549. The molecule has 0 aliphatic carbocycles. The molecule has 1 aliphatic rings. The highest BCUT2D eigenvalue weighted by Gasteiger charge is 2.35. The van der Waals surface area contributed by atoms with Crippen LogP contribution in [0.15, 0.2) is 82.6 Å². The van der Waals surface area contributed by atoms with Crippen LogP contribution < -0.4 is 0 Å². The van der Waals surface area contributed by atoms with Gasteiger partial charge in [0.25, 0.3) is 0 Å². The lowest BCUT2D eigenvalue weighted by Crippen LogP contribution is -2.40. The molecule has 0 aromatic heterocycles. The first kappa shape index (κ1) is 30.5. The largest absolute Gasteiger partial charge is 0.452 e. The Morgan fingerprint density at radius 3 is 2.15 bits per heavy atom. The summed E-state index contributed by atoms with van der Waals surface area (Å²) in [5.74, 6) is -0.815. The van der Waals surface area contributed by atoms with Crippen LogP contribution in [0.2, 0.25) is 10.0 Å². The summed E-state index contributed by atoms with van der Waals surface area (Å²) < 4.78 is 61.7. The number of hydrogen-bond acceptors (Lipinski definition) is 6. The molecule has 0 radical (unpaired) electrons. The Bertz CT molecular complexity index is 1560. The molecule has 0 unspecified atom stereocenters. The van der Waals surface area contributed by atoms with E-state index in [0.717, 1.165) is 23.6 Å². The number of esters is 1. The minimum atomic E-state index is -3.97. The highest BCUT2D eigenvalue weighted by molar-refractivity contribution is 7.89. The number of benzene rings is 3. The van der Waals surface area contributed by atoms with Crippen molar-refractivity contribution in [3.8, 4) is 0 Å². The van der Waals surface area contributed by atoms with Crippen LogP contribution in [0.5, 0.6) is 0 Å². The molecule has 0 amide bonds. The number of rotatable bonds is 9. The standard InChI is InChI=1S/C28H30Cl2N2O6S2/c1-20(31(2)39(34,35)24-14-12-23(29)13-15-24)27(21-9-5-3-6-10-21)38-28(33)22-11-16-25(30)26(19-22)40(36,37)32-17-7-4-8-18-32/h3,5-6,9-16,19-20,27H,4,7-8,17-18H2,1-2H3/t20-,27+/m1/s1. The van der Waals surface area contributed by atoms with E-state index in [0.29, 0.717) is 23.7 Å². The van der Waals surface area contributed by atoms with E-state index in [1.54, 1.807) is 37.3 Å². The second kappa shape index (κ2) is 12.6. The van der Waals surface area contributed by atoms with Crippen LogP contribution in [-0.2, 0) is 24.8 Å². The minimum Gasteiger partial charge on any atom is -0.452 e. The van der Waals surface area contributed by atoms with Crippen LogP contribution in [0.25, 0.3) is 0 Å². The van der Waals surface area contributed by atoms with Crippen LogP contribution in [0, 0.1) is 0 Å². The Kier molecular flexibility index (Phi) is 9.59. The zero-order chi connectivity index (χ0) is 29.1. The lowest BCUT2D eigenvalue weighted by molar-refractivity contribution is 0.0145. The minimum absolute atomic E-state index is 0.00360. The Labute approximate surface area is 245 Å². The molecule has 0 N–H and O–H groups in total. The highest BCUT2D eigenvalue weighted by atomic mass is 35.5. The van der Waals surface area contributed by atoms with E-state index >= 15 is 0 Å². The van der Waals surface area contributed by atoms with Gasteiger partial charge >= 0.3 is 5.97 Å². The number of ether oxygens (including phenoxy) is 1. The van der Waals surface area contributed by atoms with Crippen molar-refractivity contribution in [3.05, 3.63) is 94.0 Å². The molecule has 4 rings (SSSR count). The summed E-state index contributed by atoms with van der Waals surface area (Å²) >= 11 is 12.2. The van der Waals surface area contributed by atoms with Crippen molar-refractivity contribution in [3.63, 3.8) is 0 Å². The predicted octanol–water partition coefficient (Wildman–Crippen LogP) is 5.78. The van der Waals surface area contributed by atoms with Crippen LogP contribution >= 0.6 is 23.2 Å². The van der Waals surface area contributed by atoms with Gasteiger partial charge in [-0.1, -0.05) is 60.0 Å². The van der Waals surface area contributed by atoms with E-state index in [9.17, 15) is 21.6 Å². The van der Waals surface area contributed by atoms with Crippen molar-refractivity contribution in [2.24, 2.45) is 0 Å². The lowest BCUT2D eigenvalue weighted by Gasteiger charge is -2.31. The first-order chi connectivity index (χ1) is 18.9. The molecule has 3 aromatic rings. The summed E-state index contributed by atoms with van der Waals surface area (Å²) in [6.45, 7) is 2.40. The van der Waals surface area contributed by atoms with Gasteiger partial charge in [-0.3, -0.25) is 0 Å². The Morgan fingerprint density at radius 2 is 1.52 bits per heavy atom. The molecule has 214 valence electrons. The van der Waals surface area contributed by atoms with E-state index in [1.807, 2.05) is 0 Å². The van der Waals surface area contributed by atoms with Crippen molar-refractivity contribution >= 4 is 49.2 Å². The number of likely N-dealkylation sites (N-methyl/N-ethyl adjacent to an activating group) is 1. The number of halogens is 2. The maximum Gasteiger partial charge on any atom is 0.338 e. The van der Waals surface area contributed by atoms with Gasteiger partial charge in [0.1, 0.15) is 11.0 Å². The molecule has 1 fully saturated rings. The van der Waals surface area contributed by atoms with Crippen molar-refractivity contribution < 1.29 is 26.4 Å². The van der Waals surface area contributed by atoms with Crippen LogP contribution in [0.1, 0.15) is 48.2 Å². The SMILES string of the molecule is C[C@H]([C@H](OC(=O)c1ccc(Cl)c(S(=O)(=O)N2CCCCC2)c1)c1ccccc1)N(C)S(=O)(=O)c1ccc(Cl)cc1. The maximum atomic E-state index is 13.4. The molecular formula is C28H30Cl2N2O6S2. The highest BCUT2D eigenvalue weighted by Crippen LogP contribution is 2.32. The van der Waals surface area contributed by atoms with Gasteiger partial charge in [-0.25, -0.2) is 21.6 Å². The third-order valence-electron chi connectivity index (χ3n) is 6.96. The van der Waals surface area contributed by atoms with E-state index in [4.69, 9.17) is 27.9 Å². The van der Waals surface area contributed by atoms with E-state index in [-0.39, 0.29) is 20.4 Å². The molecule has 1 aliphatic heterocycles. The van der Waals surface area contributed by atoms with Gasteiger partial charge in [0, 0.05) is 25.2 Å². The number of hydrogen-bond donors (Lipinski definition) is 0. The maximum absolute atomic E-state index is 13.4. The first-order valence-electron chi connectivity index (χ1n) is 12.7. The van der Waals surface area contributed by atoms with Crippen LogP contribution in [0.3, 0.4) is 0 Å². The fraction of sp³-hybridized carbons (Fsp3) is 0.321. The Hall–Kier alpha value is -2.47. The van der Waals surface area contributed by atoms with E-state index in [2.05, 4.69) is 0 Å². The topological polar surface area (TPSA) is 101 Å². The average Bonchev–Trinajstić information content (AvgIpc) is 2.96. The molecule has 0 spiro atoms. The number of piperidine rings is 1. The average molecular weight is 626 g/mol. The second-order valence-corrected chi connectivity index (χ2v) is 14.3. The molecule has 0 bridgehead atoms. The fourth-order valence-corrected chi connectivity index (χ4v) is 8.03. The fourth-order valence-electron chi connectivity index (χ4n) is 4.53. The van der Waals surface area contributed by atoms with Crippen LogP contribution in [-0.4, -0.2) is 57.6 Å². The number of sulfonamides is 2. The zero-order valence-corrected chi connectivity index (χ0v) is 25.2. The summed E-state index contributed by atoms with van der Waals surface area (Å²) in [6.07, 6.45) is 1.44. The molecule has 8 nitrogen and oxygen atoms in total. The lowest BCUT2D eigenvalue weighted by atomic mass is 10.0. The zero-order valence-electron chi connectivity index (χ0n) is 22.0. The number of carbonyl (C=O) groups excluding carboxylic acids is 1. The third-order valence-corrected chi connectivity index (χ3v) is 11.6. The van der Waals surface area contributed by atoms with Gasteiger partial charge in [0.15, 0.2) is 0 Å². The number of nitrogens with zero attached hydrogens (tertiary/aromatic N) is 2. The second-order valence-electron chi connectivity index (χ2n) is 9.56. The van der Waals surface area contributed by atoms with E-state index < -0.39 is 38.2 Å². The van der Waals surface area contributed by atoms with Crippen molar-refractivity contribution in [1.29, 1.82) is 0 Å². The summed E-state index contributed by atoms with van der Waals surface area (Å²) in [5, 5.41) is 0.402.